The lowest BCUT2D eigenvalue weighted by Crippen LogP contribution is -2.44. The van der Waals surface area contributed by atoms with Gasteiger partial charge in [0.2, 0.25) is 5.91 Å². The predicted octanol–water partition coefficient (Wildman–Crippen LogP) is 2.88. The van der Waals surface area contributed by atoms with Crippen molar-refractivity contribution >= 4 is 11.9 Å². The molecule has 1 saturated heterocycles. The summed E-state index contributed by atoms with van der Waals surface area (Å²) in [5.74, 6) is -0.236. The molecule has 0 saturated carbocycles. The molecule has 1 aromatic rings. The normalized spacial score (nSPS) is 20.7. The zero-order chi connectivity index (χ0) is 18.4. The molecule has 1 fully saturated rings. The smallest absolute Gasteiger partial charge is 0.321 e. The van der Waals surface area contributed by atoms with E-state index >= 15 is 0 Å². The number of nitrogens with zero attached hydrogens (tertiary/aromatic N) is 2. The number of urea groups is 1. The third-order valence-corrected chi connectivity index (χ3v) is 5.41. The molecule has 2 aliphatic rings. The van der Waals surface area contributed by atoms with Crippen LogP contribution in [0.3, 0.4) is 0 Å². The second-order valence-corrected chi connectivity index (χ2v) is 7.33. The number of amides is 3. The molecule has 0 aromatic carbocycles. The summed E-state index contributed by atoms with van der Waals surface area (Å²) < 4.78 is 2.10. The molecule has 3 amide bonds. The standard InChI is InChI=1S/C20H30N4O2/c1-23-13-5-9-17(23)18-10-6-14-24(18)15-19(25)22-20(26)21-12-11-16-7-3-2-4-8-16/h5,7,9,13,18H,2-4,6,8,10-12,14-15H2,1H3,(H2,21,22,25,26)/t18-/m0/s1. The van der Waals surface area contributed by atoms with Gasteiger partial charge in [0.15, 0.2) is 0 Å². The second-order valence-electron chi connectivity index (χ2n) is 7.33. The molecule has 1 atom stereocenters. The zero-order valence-corrected chi connectivity index (χ0v) is 15.7. The van der Waals surface area contributed by atoms with Crippen LogP contribution in [0.5, 0.6) is 0 Å². The Labute approximate surface area is 155 Å². The molecule has 6 nitrogen and oxygen atoms in total. The molecule has 6 heteroatoms. The number of rotatable bonds is 6. The van der Waals surface area contributed by atoms with E-state index in [9.17, 15) is 9.59 Å². The summed E-state index contributed by atoms with van der Waals surface area (Å²) in [6, 6.07) is 4.00. The SMILES string of the molecule is Cn1cccc1[C@@H]1CCCN1CC(=O)NC(=O)NCCC1=CCCCC1. The van der Waals surface area contributed by atoms with Gasteiger partial charge in [-0.25, -0.2) is 4.79 Å². The fourth-order valence-electron chi connectivity index (χ4n) is 4.03. The van der Waals surface area contributed by atoms with Gasteiger partial charge in [-0.15, -0.1) is 0 Å². The summed E-state index contributed by atoms with van der Waals surface area (Å²) >= 11 is 0. The van der Waals surface area contributed by atoms with E-state index < -0.39 is 0 Å². The number of nitrogens with one attached hydrogen (secondary N) is 2. The molecule has 142 valence electrons. The lowest BCUT2D eigenvalue weighted by molar-refractivity contribution is -0.121. The van der Waals surface area contributed by atoms with Gasteiger partial charge in [-0.1, -0.05) is 11.6 Å². The van der Waals surface area contributed by atoms with Crippen LogP contribution in [0, 0.1) is 0 Å². The van der Waals surface area contributed by atoms with Crippen molar-refractivity contribution in [1.82, 2.24) is 20.1 Å². The Balaban J connectivity index is 1.41. The first-order valence-corrected chi connectivity index (χ1v) is 9.74. The minimum atomic E-state index is -0.388. The van der Waals surface area contributed by atoms with Crippen LogP contribution in [-0.2, 0) is 11.8 Å². The molecule has 3 rings (SSSR count). The maximum atomic E-state index is 12.2. The van der Waals surface area contributed by atoms with Crippen LogP contribution in [0.1, 0.15) is 56.7 Å². The highest BCUT2D eigenvalue weighted by atomic mass is 16.2. The van der Waals surface area contributed by atoms with Crippen molar-refractivity contribution in [2.75, 3.05) is 19.6 Å². The minimum absolute atomic E-state index is 0.236. The van der Waals surface area contributed by atoms with Gasteiger partial charge in [0.05, 0.1) is 12.6 Å². The van der Waals surface area contributed by atoms with Crippen molar-refractivity contribution in [1.29, 1.82) is 0 Å². The Kier molecular flexibility index (Phi) is 6.50. The second kappa shape index (κ2) is 9.03. The minimum Gasteiger partial charge on any atom is -0.353 e. The number of hydrogen-bond acceptors (Lipinski definition) is 3. The zero-order valence-electron chi connectivity index (χ0n) is 15.7. The highest BCUT2D eigenvalue weighted by molar-refractivity contribution is 5.95. The number of carbonyl (C=O) groups is 2. The van der Waals surface area contributed by atoms with Crippen molar-refractivity contribution in [3.8, 4) is 0 Å². The van der Waals surface area contributed by atoms with E-state index in [0.29, 0.717) is 6.54 Å². The van der Waals surface area contributed by atoms with Crippen molar-refractivity contribution in [3.05, 3.63) is 35.7 Å². The molecule has 0 bridgehead atoms. The molecule has 2 N–H and O–H groups in total. The molecule has 2 heterocycles. The summed E-state index contributed by atoms with van der Waals surface area (Å²) in [5, 5.41) is 5.27. The van der Waals surface area contributed by atoms with E-state index in [-0.39, 0.29) is 24.5 Å². The molecular weight excluding hydrogens is 328 g/mol. The van der Waals surface area contributed by atoms with Gasteiger partial charge in [0, 0.05) is 25.5 Å². The summed E-state index contributed by atoms with van der Waals surface area (Å²) in [6.45, 7) is 1.73. The number of hydrogen-bond donors (Lipinski definition) is 2. The Morgan fingerprint density at radius 1 is 1.27 bits per heavy atom. The van der Waals surface area contributed by atoms with E-state index in [4.69, 9.17) is 0 Å². The maximum Gasteiger partial charge on any atom is 0.321 e. The van der Waals surface area contributed by atoms with E-state index in [1.165, 1.54) is 24.1 Å². The van der Waals surface area contributed by atoms with Crippen molar-refractivity contribution < 1.29 is 9.59 Å². The van der Waals surface area contributed by atoms with Crippen LogP contribution >= 0.6 is 0 Å². The van der Waals surface area contributed by atoms with E-state index in [2.05, 4.69) is 32.2 Å². The molecule has 1 aromatic heterocycles. The summed E-state index contributed by atoms with van der Waals surface area (Å²) in [4.78, 5) is 26.3. The first-order chi connectivity index (χ1) is 12.6. The number of carbonyl (C=O) groups excluding carboxylic acids is 2. The highest BCUT2D eigenvalue weighted by Crippen LogP contribution is 2.31. The van der Waals surface area contributed by atoms with Crippen molar-refractivity contribution in [3.63, 3.8) is 0 Å². The monoisotopic (exact) mass is 358 g/mol. The van der Waals surface area contributed by atoms with Crippen LogP contribution in [0.2, 0.25) is 0 Å². The Morgan fingerprint density at radius 2 is 2.15 bits per heavy atom. The molecule has 1 aliphatic carbocycles. The number of aryl methyl sites for hydroxylation is 1. The first-order valence-electron chi connectivity index (χ1n) is 9.74. The Morgan fingerprint density at radius 3 is 2.88 bits per heavy atom. The van der Waals surface area contributed by atoms with Gasteiger partial charge in [0.1, 0.15) is 0 Å². The topological polar surface area (TPSA) is 66.4 Å². The Hall–Kier alpha value is -2.08. The molecule has 0 spiro atoms. The van der Waals surface area contributed by atoms with Gasteiger partial charge < -0.3 is 9.88 Å². The molecule has 0 radical (unpaired) electrons. The van der Waals surface area contributed by atoms with E-state index in [1.54, 1.807) is 0 Å². The van der Waals surface area contributed by atoms with Crippen molar-refractivity contribution in [2.45, 2.75) is 51.0 Å². The summed E-state index contributed by atoms with van der Waals surface area (Å²) in [5.41, 5.74) is 2.64. The third kappa shape index (κ3) is 4.97. The van der Waals surface area contributed by atoms with E-state index in [0.717, 1.165) is 38.6 Å². The largest absolute Gasteiger partial charge is 0.353 e. The first kappa shape index (κ1) is 18.7. The molecular formula is C20H30N4O2. The lowest BCUT2D eigenvalue weighted by Gasteiger charge is -2.24. The van der Waals surface area contributed by atoms with Gasteiger partial charge in [-0.05, 0) is 63.6 Å². The van der Waals surface area contributed by atoms with Crippen LogP contribution in [0.25, 0.3) is 0 Å². The lowest BCUT2D eigenvalue weighted by atomic mass is 9.97. The van der Waals surface area contributed by atoms with Crippen LogP contribution in [0.4, 0.5) is 4.79 Å². The van der Waals surface area contributed by atoms with Gasteiger partial charge in [-0.2, -0.15) is 0 Å². The molecule has 1 aliphatic heterocycles. The number of allylic oxidation sites excluding steroid dienone is 1. The Bertz CT molecular complexity index is 665. The third-order valence-electron chi connectivity index (χ3n) is 5.41. The average molecular weight is 358 g/mol. The fraction of sp³-hybridized carbons (Fsp3) is 0.600. The molecule has 0 unspecified atom stereocenters. The number of imide groups is 1. The van der Waals surface area contributed by atoms with Crippen molar-refractivity contribution in [2.24, 2.45) is 7.05 Å². The van der Waals surface area contributed by atoms with Gasteiger partial charge in [0.25, 0.3) is 0 Å². The summed E-state index contributed by atoms with van der Waals surface area (Å²) in [7, 11) is 2.03. The van der Waals surface area contributed by atoms with Crippen LogP contribution in [-0.4, -0.2) is 41.0 Å². The predicted molar refractivity (Wildman–Crippen MR) is 102 cm³/mol. The van der Waals surface area contributed by atoms with Gasteiger partial charge >= 0.3 is 6.03 Å². The highest BCUT2D eigenvalue weighted by Gasteiger charge is 2.29. The number of aromatic nitrogens is 1. The fourth-order valence-corrected chi connectivity index (χ4v) is 4.03. The number of likely N-dealkylation sites (tertiary alicyclic amines) is 1. The maximum absolute atomic E-state index is 12.2. The van der Waals surface area contributed by atoms with Crippen LogP contribution in [0.15, 0.2) is 30.0 Å². The van der Waals surface area contributed by atoms with E-state index in [1.807, 2.05) is 19.3 Å². The van der Waals surface area contributed by atoms with Crippen LogP contribution < -0.4 is 10.6 Å². The average Bonchev–Trinajstić information content (AvgIpc) is 3.24. The summed E-state index contributed by atoms with van der Waals surface area (Å²) in [6.07, 6.45) is 12.1. The van der Waals surface area contributed by atoms with Gasteiger partial charge in [-0.3, -0.25) is 15.0 Å². The molecule has 26 heavy (non-hydrogen) atoms. The quantitative estimate of drug-likeness (QED) is 0.769.